The summed E-state index contributed by atoms with van der Waals surface area (Å²) < 4.78 is 0. The third-order valence-electron chi connectivity index (χ3n) is 4.42. The lowest BCUT2D eigenvalue weighted by molar-refractivity contribution is 0.0771. The molecule has 0 spiro atoms. The highest BCUT2D eigenvalue weighted by molar-refractivity contribution is 5.99. The largest absolute Gasteiger partial charge is 0.398 e. The predicted molar refractivity (Wildman–Crippen MR) is 74.4 cm³/mol. The molecule has 3 heteroatoms. The Hall–Kier alpha value is -1.51. The first-order valence-electron chi connectivity index (χ1n) is 6.75. The summed E-state index contributed by atoms with van der Waals surface area (Å²) in [5.74, 6) is 0.0804. The second-order valence-electron chi connectivity index (χ2n) is 5.27. The minimum atomic E-state index is 0.0804. The van der Waals surface area contributed by atoms with E-state index in [2.05, 4.69) is 13.8 Å². The van der Waals surface area contributed by atoms with Gasteiger partial charge in [-0.15, -0.1) is 0 Å². The van der Waals surface area contributed by atoms with E-state index in [0.717, 1.165) is 32.4 Å². The standard InChI is InChI=1S/C15H22N2O/c1-3-15(4-2)9-10-17(11-15)14(18)12-7-5-6-8-13(12)16/h5-8H,3-4,9-11,16H2,1-2H3. The number of nitrogens with zero attached hydrogens (tertiary/aromatic N) is 1. The summed E-state index contributed by atoms with van der Waals surface area (Å²) in [5.41, 5.74) is 7.41. The third-order valence-corrected chi connectivity index (χ3v) is 4.42. The van der Waals surface area contributed by atoms with E-state index in [1.807, 2.05) is 23.1 Å². The molecule has 1 amide bonds. The number of likely N-dealkylation sites (tertiary alicyclic amines) is 1. The highest BCUT2D eigenvalue weighted by Gasteiger charge is 2.37. The zero-order valence-electron chi connectivity index (χ0n) is 11.3. The second kappa shape index (κ2) is 5.01. The highest BCUT2D eigenvalue weighted by atomic mass is 16.2. The molecule has 1 heterocycles. The third kappa shape index (κ3) is 2.22. The average molecular weight is 246 g/mol. The summed E-state index contributed by atoms with van der Waals surface area (Å²) in [7, 11) is 0. The fourth-order valence-electron chi connectivity index (χ4n) is 2.80. The van der Waals surface area contributed by atoms with Gasteiger partial charge in [0.15, 0.2) is 0 Å². The fourth-order valence-corrected chi connectivity index (χ4v) is 2.80. The molecular formula is C15H22N2O. The van der Waals surface area contributed by atoms with E-state index >= 15 is 0 Å². The molecule has 0 bridgehead atoms. The number of rotatable bonds is 3. The molecule has 98 valence electrons. The molecule has 3 nitrogen and oxygen atoms in total. The first kappa shape index (κ1) is 12.9. The van der Waals surface area contributed by atoms with Crippen molar-refractivity contribution in [1.29, 1.82) is 0 Å². The van der Waals surface area contributed by atoms with Gasteiger partial charge in [0.05, 0.1) is 5.56 Å². The Bertz CT molecular complexity index is 438. The van der Waals surface area contributed by atoms with Crippen molar-refractivity contribution in [3.8, 4) is 0 Å². The molecule has 0 unspecified atom stereocenters. The van der Waals surface area contributed by atoms with Crippen molar-refractivity contribution >= 4 is 11.6 Å². The molecule has 0 aliphatic carbocycles. The van der Waals surface area contributed by atoms with E-state index < -0.39 is 0 Å². The molecule has 1 aliphatic heterocycles. The van der Waals surface area contributed by atoms with E-state index in [-0.39, 0.29) is 5.91 Å². The maximum absolute atomic E-state index is 12.4. The molecule has 0 aromatic heterocycles. The van der Waals surface area contributed by atoms with Crippen LogP contribution in [-0.4, -0.2) is 23.9 Å². The molecular weight excluding hydrogens is 224 g/mol. The van der Waals surface area contributed by atoms with E-state index in [1.165, 1.54) is 0 Å². The Labute approximate surface area is 109 Å². The highest BCUT2D eigenvalue weighted by Crippen LogP contribution is 2.37. The minimum absolute atomic E-state index is 0.0804. The van der Waals surface area contributed by atoms with Crippen LogP contribution in [-0.2, 0) is 0 Å². The lowest BCUT2D eigenvalue weighted by Gasteiger charge is -2.26. The lowest BCUT2D eigenvalue weighted by atomic mass is 9.82. The van der Waals surface area contributed by atoms with Crippen LogP contribution in [0.25, 0.3) is 0 Å². The molecule has 0 radical (unpaired) electrons. The number of para-hydroxylation sites is 1. The summed E-state index contributed by atoms with van der Waals surface area (Å²) in [4.78, 5) is 14.4. The normalized spacial score (nSPS) is 18.0. The summed E-state index contributed by atoms with van der Waals surface area (Å²) in [6.07, 6.45) is 3.38. The smallest absolute Gasteiger partial charge is 0.255 e. The van der Waals surface area contributed by atoms with E-state index in [4.69, 9.17) is 5.73 Å². The van der Waals surface area contributed by atoms with Gasteiger partial charge in [0.1, 0.15) is 0 Å². The van der Waals surface area contributed by atoms with Crippen LogP contribution in [0.15, 0.2) is 24.3 Å². The van der Waals surface area contributed by atoms with Crippen molar-refractivity contribution in [2.75, 3.05) is 18.8 Å². The van der Waals surface area contributed by atoms with Crippen LogP contribution >= 0.6 is 0 Å². The molecule has 0 saturated carbocycles. The van der Waals surface area contributed by atoms with E-state index in [1.54, 1.807) is 6.07 Å². The minimum Gasteiger partial charge on any atom is -0.398 e. The average Bonchev–Trinajstić information content (AvgIpc) is 2.84. The number of hydrogen-bond acceptors (Lipinski definition) is 2. The summed E-state index contributed by atoms with van der Waals surface area (Å²) in [5, 5.41) is 0. The number of carbonyl (C=O) groups is 1. The molecule has 18 heavy (non-hydrogen) atoms. The Morgan fingerprint density at radius 1 is 1.33 bits per heavy atom. The van der Waals surface area contributed by atoms with Gasteiger partial charge in [0.2, 0.25) is 0 Å². The Morgan fingerprint density at radius 2 is 2.00 bits per heavy atom. The van der Waals surface area contributed by atoms with Gasteiger partial charge in [-0.05, 0) is 36.8 Å². The van der Waals surface area contributed by atoms with Crippen LogP contribution in [0.1, 0.15) is 43.5 Å². The maximum Gasteiger partial charge on any atom is 0.255 e. The van der Waals surface area contributed by atoms with Crippen molar-refractivity contribution in [2.45, 2.75) is 33.1 Å². The van der Waals surface area contributed by atoms with Gasteiger partial charge in [-0.1, -0.05) is 26.0 Å². The predicted octanol–water partition coefficient (Wildman–Crippen LogP) is 2.92. The molecule has 1 aromatic carbocycles. The Kier molecular flexibility index (Phi) is 3.60. The van der Waals surface area contributed by atoms with Crippen molar-refractivity contribution < 1.29 is 4.79 Å². The molecule has 1 aromatic rings. The zero-order valence-corrected chi connectivity index (χ0v) is 11.3. The molecule has 2 N–H and O–H groups in total. The van der Waals surface area contributed by atoms with Crippen molar-refractivity contribution in [2.24, 2.45) is 5.41 Å². The van der Waals surface area contributed by atoms with E-state index in [9.17, 15) is 4.79 Å². The number of benzene rings is 1. The van der Waals surface area contributed by atoms with Crippen LogP contribution < -0.4 is 5.73 Å². The fraction of sp³-hybridized carbons (Fsp3) is 0.533. The van der Waals surface area contributed by atoms with Crippen molar-refractivity contribution in [3.05, 3.63) is 29.8 Å². The van der Waals surface area contributed by atoms with Gasteiger partial charge in [0, 0.05) is 18.8 Å². The first-order chi connectivity index (χ1) is 8.62. The van der Waals surface area contributed by atoms with Gasteiger partial charge in [-0.25, -0.2) is 0 Å². The van der Waals surface area contributed by atoms with Gasteiger partial charge in [0.25, 0.3) is 5.91 Å². The second-order valence-corrected chi connectivity index (χ2v) is 5.27. The number of nitrogen functional groups attached to an aromatic ring is 1. The SMILES string of the molecule is CCC1(CC)CCN(C(=O)c2ccccc2N)C1. The number of carbonyl (C=O) groups excluding carboxylic acids is 1. The number of anilines is 1. The monoisotopic (exact) mass is 246 g/mol. The van der Waals surface area contributed by atoms with Gasteiger partial charge in [-0.2, -0.15) is 0 Å². The molecule has 1 aliphatic rings. The molecule has 2 rings (SSSR count). The van der Waals surface area contributed by atoms with Crippen LogP contribution in [0.4, 0.5) is 5.69 Å². The molecule has 1 saturated heterocycles. The molecule has 1 fully saturated rings. The van der Waals surface area contributed by atoms with Gasteiger partial charge < -0.3 is 10.6 Å². The van der Waals surface area contributed by atoms with Crippen LogP contribution in [0, 0.1) is 5.41 Å². The Morgan fingerprint density at radius 3 is 2.56 bits per heavy atom. The first-order valence-corrected chi connectivity index (χ1v) is 6.75. The summed E-state index contributed by atoms with van der Waals surface area (Å²) >= 11 is 0. The van der Waals surface area contributed by atoms with Crippen LogP contribution in [0.5, 0.6) is 0 Å². The van der Waals surface area contributed by atoms with Crippen molar-refractivity contribution in [3.63, 3.8) is 0 Å². The van der Waals surface area contributed by atoms with Crippen LogP contribution in [0.2, 0.25) is 0 Å². The number of amides is 1. The summed E-state index contributed by atoms with van der Waals surface area (Å²) in [6.45, 7) is 6.16. The lowest BCUT2D eigenvalue weighted by Crippen LogP contribution is -2.32. The van der Waals surface area contributed by atoms with Crippen molar-refractivity contribution in [1.82, 2.24) is 4.90 Å². The van der Waals surface area contributed by atoms with Gasteiger partial charge in [-0.3, -0.25) is 4.79 Å². The number of nitrogens with two attached hydrogens (primary N) is 1. The van der Waals surface area contributed by atoms with Crippen LogP contribution in [0.3, 0.4) is 0 Å². The van der Waals surface area contributed by atoms with E-state index in [0.29, 0.717) is 16.7 Å². The van der Waals surface area contributed by atoms with Gasteiger partial charge >= 0.3 is 0 Å². The molecule has 0 atom stereocenters. The number of hydrogen-bond donors (Lipinski definition) is 1. The Balaban J connectivity index is 2.15. The quantitative estimate of drug-likeness (QED) is 0.833. The maximum atomic E-state index is 12.4. The zero-order chi connectivity index (χ0) is 13.2. The summed E-state index contributed by atoms with van der Waals surface area (Å²) in [6, 6.07) is 7.33. The topological polar surface area (TPSA) is 46.3 Å².